The van der Waals surface area contributed by atoms with Crippen LogP contribution in [0.1, 0.15) is 13.3 Å². The molecule has 64 valence electrons. The maximum atomic E-state index is 10.8. The van der Waals surface area contributed by atoms with E-state index in [4.69, 9.17) is 23.6 Å². The van der Waals surface area contributed by atoms with E-state index < -0.39 is 17.7 Å². The number of halogens is 2. The average molecular weight is 199 g/mol. The SMILES string of the molecule is CCC(C(=O)NCl)C(=O)NCl. The minimum Gasteiger partial charge on any atom is -0.273 e. The Morgan fingerprint density at radius 2 is 1.64 bits per heavy atom. The molecule has 0 aliphatic carbocycles. The molecule has 0 atom stereocenters. The summed E-state index contributed by atoms with van der Waals surface area (Å²) in [5.74, 6) is -1.91. The third-order valence-corrected chi connectivity index (χ3v) is 1.60. The Morgan fingerprint density at radius 3 is 1.82 bits per heavy atom. The van der Waals surface area contributed by atoms with Gasteiger partial charge in [0.05, 0.1) is 0 Å². The molecule has 0 saturated carbocycles. The number of carbonyl (C=O) groups is 2. The summed E-state index contributed by atoms with van der Waals surface area (Å²) in [6, 6.07) is 0. The van der Waals surface area contributed by atoms with Gasteiger partial charge in [-0.25, -0.2) is 0 Å². The highest BCUT2D eigenvalue weighted by molar-refractivity contribution is 6.27. The molecule has 0 aliphatic rings. The van der Waals surface area contributed by atoms with E-state index in [-0.39, 0.29) is 0 Å². The van der Waals surface area contributed by atoms with Crippen LogP contribution in [0, 0.1) is 5.92 Å². The molecule has 11 heavy (non-hydrogen) atoms. The molecule has 0 unspecified atom stereocenters. The van der Waals surface area contributed by atoms with Crippen molar-refractivity contribution < 1.29 is 9.59 Å². The van der Waals surface area contributed by atoms with E-state index in [1.54, 1.807) is 6.92 Å². The topological polar surface area (TPSA) is 58.2 Å². The molecule has 0 aliphatic heterocycles. The van der Waals surface area contributed by atoms with Crippen LogP contribution in [-0.2, 0) is 9.59 Å². The van der Waals surface area contributed by atoms with Gasteiger partial charge in [0, 0.05) is 23.6 Å². The molecule has 0 aromatic heterocycles. The Balaban J connectivity index is 4.15. The van der Waals surface area contributed by atoms with Crippen molar-refractivity contribution >= 4 is 35.4 Å². The van der Waals surface area contributed by atoms with Gasteiger partial charge in [-0.05, 0) is 6.42 Å². The summed E-state index contributed by atoms with van der Waals surface area (Å²) in [5.41, 5.74) is 0. The third kappa shape index (κ3) is 2.95. The molecule has 0 saturated heterocycles. The van der Waals surface area contributed by atoms with Gasteiger partial charge < -0.3 is 0 Å². The van der Waals surface area contributed by atoms with Gasteiger partial charge in [0.2, 0.25) is 11.8 Å². The van der Waals surface area contributed by atoms with E-state index in [1.807, 2.05) is 9.67 Å². The van der Waals surface area contributed by atoms with Crippen molar-refractivity contribution in [3.8, 4) is 0 Å². The van der Waals surface area contributed by atoms with Gasteiger partial charge >= 0.3 is 0 Å². The Bertz CT molecular complexity index is 147. The van der Waals surface area contributed by atoms with Crippen LogP contribution in [-0.4, -0.2) is 11.8 Å². The summed E-state index contributed by atoms with van der Waals surface area (Å²) in [5, 5.41) is 0. The van der Waals surface area contributed by atoms with Crippen molar-refractivity contribution in [2.45, 2.75) is 13.3 Å². The Hall–Kier alpha value is -0.480. The average Bonchev–Trinajstić information content (AvgIpc) is 2.05. The molecule has 0 fully saturated rings. The van der Waals surface area contributed by atoms with Crippen molar-refractivity contribution in [3.63, 3.8) is 0 Å². The molecule has 0 bridgehead atoms. The maximum Gasteiger partial charge on any atom is 0.246 e. The standard InChI is InChI=1S/C5H8Cl2N2O2/c1-2-3(4(10)8-6)5(11)9-7/h3H,2H2,1H3,(H,8,10)(H,9,11). The van der Waals surface area contributed by atoms with Gasteiger partial charge in [-0.2, -0.15) is 0 Å². The van der Waals surface area contributed by atoms with Crippen LogP contribution in [0.15, 0.2) is 0 Å². The zero-order valence-corrected chi connectivity index (χ0v) is 7.37. The largest absolute Gasteiger partial charge is 0.273 e. The predicted octanol–water partition coefficient (Wildman–Crippen LogP) is 0.553. The van der Waals surface area contributed by atoms with Crippen molar-refractivity contribution in [2.75, 3.05) is 0 Å². The minimum absolute atomic E-state index is 0.358. The number of carbonyl (C=O) groups excluding carboxylic acids is 2. The van der Waals surface area contributed by atoms with Gasteiger partial charge in [0.25, 0.3) is 0 Å². The molecule has 0 heterocycles. The summed E-state index contributed by atoms with van der Waals surface area (Å²) in [6.07, 6.45) is 0.358. The second-order valence-corrected chi connectivity index (χ2v) is 2.26. The highest BCUT2D eigenvalue weighted by Gasteiger charge is 2.23. The van der Waals surface area contributed by atoms with E-state index in [0.29, 0.717) is 6.42 Å². The molecule has 6 heteroatoms. The lowest BCUT2D eigenvalue weighted by atomic mass is 10.1. The minimum atomic E-state index is -0.815. The lowest BCUT2D eigenvalue weighted by molar-refractivity contribution is -0.133. The Morgan fingerprint density at radius 1 is 1.27 bits per heavy atom. The smallest absolute Gasteiger partial charge is 0.246 e. The zero-order valence-electron chi connectivity index (χ0n) is 5.86. The van der Waals surface area contributed by atoms with Crippen molar-refractivity contribution in [1.29, 1.82) is 0 Å². The molecule has 0 radical (unpaired) electrons. The molecule has 0 rings (SSSR count). The van der Waals surface area contributed by atoms with Crippen molar-refractivity contribution in [1.82, 2.24) is 9.67 Å². The van der Waals surface area contributed by atoms with E-state index in [0.717, 1.165) is 0 Å². The van der Waals surface area contributed by atoms with Crippen molar-refractivity contribution in [2.24, 2.45) is 5.92 Å². The first-order valence-corrected chi connectivity index (χ1v) is 3.73. The summed E-state index contributed by atoms with van der Waals surface area (Å²) in [4.78, 5) is 25.3. The number of nitrogens with one attached hydrogen (secondary N) is 2. The van der Waals surface area contributed by atoms with E-state index in [2.05, 4.69) is 0 Å². The highest BCUT2D eigenvalue weighted by Crippen LogP contribution is 2.03. The van der Waals surface area contributed by atoms with E-state index in [9.17, 15) is 9.59 Å². The van der Waals surface area contributed by atoms with Crippen LogP contribution in [0.2, 0.25) is 0 Å². The van der Waals surface area contributed by atoms with Crippen LogP contribution < -0.4 is 9.67 Å². The third-order valence-electron chi connectivity index (χ3n) is 1.23. The van der Waals surface area contributed by atoms with Gasteiger partial charge in [0.1, 0.15) is 5.92 Å². The zero-order chi connectivity index (χ0) is 8.85. The number of amides is 2. The fourth-order valence-electron chi connectivity index (χ4n) is 0.622. The maximum absolute atomic E-state index is 10.8. The Labute approximate surface area is 74.5 Å². The molecular formula is C5H8Cl2N2O2. The lowest BCUT2D eigenvalue weighted by Gasteiger charge is -2.07. The second kappa shape index (κ2) is 5.21. The molecule has 2 N–H and O–H groups in total. The van der Waals surface area contributed by atoms with Gasteiger partial charge in [-0.1, -0.05) is 6.92 Å². The highest BCUT2D eigenvalue weighted by atomic mass is 35.5. The number of hydrogen-bond acceptors (Lipinski definition) is 2. The van der Waals surface area contributed by atoms with E-state index >= 15 is 0 Å². The monoisotopic (exact) mass is 198 g/mol. The molecule has 0 aromatic rings. The normalized spacial score (nSPS) is 9.45. The fraction of sp³-hybridized carbons (Fsp3) is 0.600. The van der Waals surface area contributed by atoms with Crippen LogP contribution in [0.25, 0.3) is 0 Å². The quantitative estimate of drug-likeness (QED) is 0.515. The van der Waals surface area contributed by atoms with E-state index in [1.165, 1.54) is 0 Å². The van der Waals surface area contributed by atoms with Crippen LogP contribution >= 0.6 is 23.6 Å². The van der Waals surface area contributed by atoms with Crippen LogP contribution in [0.3, 0.4) is 0 Å². The van der Waals surface area contributed by atoms with Gasteiger partial charge in [0.15, 0.2) is 0 Å². The lowest BCUT2D eigenvalue weighted by Crippen LogP contribution is -2.34. The summed E-state index contributed by atoms with van der Waals surface area (Å²) < 4.78 is 0. The first-order chi connectivity index (χ1) is 5.17. The predicted molar refractivity (Wildman–Crippen MR) is 41.8 cm³/mol. The summed E-state index contributed by atoms with van der Waals surface area (Å²) >= 11 is 10.0. The number of hydrogen-bond donors (Lipinski definition) is 2. The molecule has 2 amide bonds. The molecule has 0 aromatic carbocycles. The van der Waals surface area contributed by atoms with Crippen LogP contribution in [0.5, 0.6) is 0 Å². The molecule has 0 spiro atoms. The van der Waals surface area contributed by atoms with Gasteiger partial charge in [-0.15, -0.1) is 0 Å². The molecule has 4 nitrogen and oxygen atoms in total. The molecular weight excluding hydrogens is 191 g/mol. The summed E-state index contributed by atoms with van der Waals surface area (Å²) in [6.45, 7) is 1.68. The fourth-order valence-corrected chi connectivity index (χ4v) is 0.885. The number of rotatable bonds is 3. The van der Waals surface area contributed by atoms with Crippen LogP contribution in [0.4, 0.5) is 0 Å². The Kier molecular flexibility index (Phi) is 4.98. The second-order valence-electron chi connectivity index (χ2n) is 1.88. The first kappa shape index (κ1) is 10.5. The first-order valence-electron chi connectivity index (χ1n) is 2.98. The summed E-state index contributed by atoms with van der Waals surface area (Å²) in [7, 11) is 0. The van der Waals surface area contributed by atoms with Gasteiger partial charge in [-0.3, -0.25) is 19.3 Å². The van der Waals surface area contributed by atoms with Crippen molar-refractivity contribution in [3.05, 3.63) is 0 Å².